The molecule has 4 nitrogen and oxygen atoms in total. The predicted molar refractivity (Wildman–Crippen MR) is 86.9 cm³/mol. The third kappa shape index (κ3) is 3.44. The van der Waals surface area contributed by atoms with Gasteiger partial charge in [0.05, 0.1) is 5.69 Å². The van der Waals surface area contributed by atoms with Crippen LogP contribution in [0.15, 0.2) is 66.1 Å². The number of nitrogens with one attached hydrogen (secondary N) is 1. The molecule has 1 heterocycles. The molecule has 0 amide bonds. The molecule has 0 unspecified atom stereocenters. The Labute approximate surface area is 128 Å². The Bertz CT molecular complexity index is 675. The van der Waals surface area contributed by atoms with Gasteiger partial charge in [0.1, 0.15) is 12.7 Å². The number of hydrogen-bond donors (Lipinski definition) is 1. The van der Waals surface area contributed by atoms with E-state index in [2.05, 4.69) is 45.9 Å². The largest absolute Gasteiger partial charge is 0.381 e. The Morgan fingerprint density at radius 3 is 2.43 bits per heavy atom. The fourth-order valence-electron chi connectivity index (χ4n) is 2.02. The van der Waals surface area contributed by atoms with E-state index >= 15 is 0 Å². The van der Waals surface area contributed by atoms with Gasteiger partial charge in [-0.1, -0.05) is 12.1 Å². The van der Waals surface area contributed by atoms with Crippen molar-refractivity contribution in [2.24, 2.45) is 0 Å². The second-order valence-corrected chi connectivity index (χ2v) is 5.47. The highest BCUT2D eigenvalue weighted by Crippen LogP contribution is 2.16. The van der Waals surface area contributed by atoms with Crippen LogP contribution in [0.3, 0.4) is 0 Å². The molecule has 0 aliphatic carbocycles. The molecule has 3 rings (SSSR count). The maximum atomic E-state index is 4.11. The summed E-state index contributed by atoms with van der Waals surface area (Å²) in [5.74, 6) is 0. The van der Waals surface area contributed by atoms with Crippen LogP contribution in [0.1, 0.15) is 5.56 Å². The molecule has 21 heavy (non-hydrogen) atoms. The lowest BCUT2D eigenvalue weighted by atomic mass is 10.2. The second-order valence-electron chi connectivity index (χ2n) is 4.59. The van der Waals surface area contributed by atoms with Crippen LogP contribution < -0.4 is 5.32 Å². The normalized spacial score (nSPS) is 10.5. The fourth-order valence-corrected chi connectivity index (χ4v) is 2.43. The van der Waals surface area contributed by atoms with E-state index in [1.54, 1.807) is 22.8 Å². The maximum absolute atomic E-state index is 4.11. The summed E-state index contributed by atoms with van der Waals surface area (Å²) in [4.78, 5) is 5.23. The minimum Gasteiger partial charge on any atom is -0.381 e. The Kier molecular flexibility index (Phi) is 4.21. The third-order valence-electron chi connectivity index (χ3n) is 3.21. The Balaban J connectivity index is 1.62. The van der Waals surface area contributed by atoms with Gasteiger partial charge in [0.15, 0.2) is 0 Å². The van der Waals surface area contributed by atoms with Crippen molar-refractivity contribution < 1.29 is 0 Å². The zero-order valence-corrected chi connectivity index (χ0v) is 12.5. The van der Waals surface area contributed by atoms with Gasteiger partial charge in [0.25, 0.3) is 0 Å². The summed E-state index contributed by atoms with van der Waals surface area (Å²) in [5.41, 5.74) is 3.36. The molecule has 2 aromatic carbocycles. The molecule has 0 aliphatic heterocycles. The van der Waals surface area contributed by atoms with Gasteiger partial charge in [-0.25, -0.2) is 9.67 Å². The number of thioether (sulfide) groups is 1. The van der Waals surface area contributed by atoms with Crippen molar-refractivity contribution >= 4 is 17.4 Å². The highest BCUT2D eigenvalue weighted by Gasteiger charge is 1.98. The number of rotatable bonds is 5. The van der Waals surface area contributed by atoms with E-state index in [0.29, 0.717) is 0 Å². The van der Waals surface area contributed by atoms with Crippen LogP contribution in [-0.2, 0) is 6.54 Å². The summed E-state index contributed by atoms with van der Waals surface area (Å²) in [7, 11) is 0. The Morgan fingerprint density at radius 2 is 1.81 bits per heavy atom. The number of anilines is 1. The molecular formula is C16H16N4S. The van der Waals surface area contributed by atoms with Crippen LogP contribution in [0, 0.1) is 0 Å². The molecule has 1 N–H and O–H groups in total. The van der Waals surface area contributed by atoms with E-state index in [0.717, 1.165) is 17.9 Å². The van der Waals surface area contributed by atoms with E-state index in [1.807, 2.05) is 24.3 Å². The maximum Gasteiger partial charge on any atom is 0.138 e. The first-order valence-corrected chi connectivity index (χ1v) is 7.89. The molecule has 0 spiro atoms. The van der Waals surface area contributed by atoms with Crippen molar-refractivity contribution in [3.63, 3.8) is 0 Å². The smallest absolute Gasteiger partial charge is 0.138 e. The van der Waals surface area contributed by atoms with E-state index in [-0.39, 0.29) is 0 Å². The molecule has 0 bridgehead atoms. The van der Waals surface area contributed by atoms with E-state index in [4.69, 9.17) is 0 Å². The zero-order chi connectivity index (χ0) is 14.5. The molecule has 3 aromatic rings. The molecular weight excluding hydrogens is 280 g/mol. The molecule has 106 valence electrons. The minimum absolute atomic E-state index is 0.817. The summed E-state index contributed by atoms with van der Waals surface area (Å²) in [6.07, 6.45) is 5.31. The second kappa shape index (κ2) is 6.45. The topological polar surface area (TPSA) is 42.7 Å². The Morgan fingerprint density at radius 1 is 1.05 bits per heavy atom. The van der Waals surface area contributed by atoms with Crippen LogP contribution in [0.25, 0.3) is 5.69 Å². The lowest BCUT2D eigenvalue weighted by molar-refractivity contribution is 0.879. The van der Waals surface area contributed by atoms with Crippen LogP contribution >= 0.6 is 11.8 Å². The molecule has 1 aromatic heterocycles. The molecule has 0 saturated carbocycles. The van der Waals surface area contributed by atoms with E-state index in [1.165, 1.54) is 16.8 Å². The molecule has 0 atom stereocenters. The standard InChI is InChI=1S/C16H16N4S/c1-21-16-8-2-13(3-9-16)10-18-14-4-6-15(7-5-14)20-12-17-11-19-20/h2-9,11-12,18H,10H2,1H3. The zero-order valence-electron chi connectivity index (χ0n) is 11.7. The lowest BCUT2D eigenvalue weighted by Crippen LogP contribution is -2.00. The monoisotopic (exact) mass is 296 g/mol. The highest BCUT2D eigenvalue weighted by atomic mass is 32.2. The molecule has 0 aliphatic rings. The van der Waals surface area contributed by atoms with Crippen molar-refractivity contribution in [2.45, 2.75) is 11.4 Å². The van der Waals surface area contributed by atoms with Crippen LogP contribution in [0.5, 0.6) is 0 Å². The summed E-state index contributed by atoms with van der Waals surface area (Å²) < 4.78 is 1.74. The van der Waals surface area contributed by atoms with Gasteiger partial charge in [0.2, 0.25) is 0 Å². The van der Waals surface area contributed by atoms with Gasteiger partial charge in [-0.05, 0) is 48.2 Å². The van der Waals surface area contributed by atoms with E-state index in [9.17, 15) is 0 Å². The highest BCUT2D eigenvalue weighted by molar-refractivity contribution is 7.98. The number of benzene rings is 2. The summed E-state index contributed by atoms with van der Waals surface area (Å²) >= 11 is 1.76. The third-order valence-corrected chi connectivity index (χ3v) is 3.95. The van der Waals surface area contributed by atoms with Gasteiger partial charge >= 0.3 is 0 Å². The van der Waals surface area contributed by atoms with Crippen LogP contribution in [0.2, 0.25) is 0 Å². The SMILES string of the molecule is CSc1ccc(CNc2ccc(-n3cncn3)cc2)cc1. The molecule has 0 radical (unpaired) electrons. The molecule has 0 fully saturated rings. The van der Waals surface area contributed by atoms with Gasteiger partial charge in [-0.3, -0.25) is 0 Å². The van der Waals surface area contributed by atoms with E-state index < -0.39 is 0 Å². The van der Waals surface area contributed by atoms with Crippen molar-refractivity contribution in [3.05, 3.63) is 66.7 Å². The number of aromatic nitrogens is 3. The number of hydrogen-bond acceptors (Lipinski definition) is 4. The molecule has 5 heteroatoms. The summed E-state index contributed by atoms with van der Waals surface area (Å²) in [5, 5.41) is 7.53. The quantitative estimate of drug-likeness (QED) is 0.731. The van der Waals surface area contributed by atoms with Gasteiger partial charge in [-0.15, -0.1) is 11.8 Å². The summed E-state index contributed by atoms with van der Waals surface area (Å²) in [6, 6.07) is 16.7. The van der Waals surface area contributed by atoms with Crippen molar-refractivity contribution in [2.75, 3.05) is 11.6 Å². The van der Waals surface area contributed by atoms with Gasteiger partial charge < -0.3 is 5.32 Å². The van der Waals surface area contributed by atoms with Crippen LogP contribution in [-0.4, -0.2) is 21.0 Å². The first-order chi connectivity index (χ1) is 10.3. The van der Waals surface area contributed by atoms with Crippen molar-refractivity contribution in [1.82, 2.24) is 14.8 Å². The number of nitrogens with zero attached hydrogens (tertiary/aromatic N) is 3. The van der Waals surface area contributed by atoms with Gasteiger partial charge in [0, 0.05) is 17.1 Å². The lowest BCUT2D eigenvalue weighted by Gasteiger charge is -2.08. The first kappa shape index (κ1) is 13.7. The average molecular weight is 296 g/mol. The van der Waals surface area contributed by atoms with Crippen LogP contribution in [0.4, 0.5) is 5.69 Å². The molecule has 0 saturated heterocycles. The average Bonchev–Trinajstić information content (AvgIpc) is 3.08. The minimum atomic E-state index is 0.817. The predicted octanol–water partition coefficient (Wildman–Crippen LogP) is 3.60. The fraction of sp³-hybridized carbons (Fsp3) is 0.125. The van der Waals surface area contributed by atoms with Crippen molar-refractivity contribution in [3.8, 4) is 5.69 Å². The van der Waals surface area contributed by atoms with Gasteiger partial charge in [-0.2, -0.15) is 5.10 Å². The van der Waals surface area contributed by atoms with Crippen molar-refractivity contribution in [1.29, 1.82) is 0 Å². The first-order valence-electron chi connectivity index (χ1n) is 6.67. The Hall–Kier alpha value is -2.27. The summed E-state index contributed by atoms with van der Waals surface area (Å²) in [6.45, 7) is 0.817.